The van der Waals surface area contributed by atoms with Gasteiger partial charge >= 0.3 is 0 Å². The van der Waals surface area contributed by atoms with Gasteiger partial charge in [-0.25, -0.2) is 0 Å². The summed E-state index contributed by atoms with van der Waals surface area (Å²) in [5, 5.41) is 17.9. The third kappa shape index (κ3) is 4.42. The van der Waals surface area contributed by atoms with Crippen LogP contribution in [0.5, 0.6) is 0 Å². The van der Waals surface area contributed by atoms with Crippen molar-refractivity contribution in [2.45, 2.75) is 51.6 Å². The van der Waals surface area contributed by atoms with Gasteiger partial charge in [-0.2, -0.15) is 10.4 Å². The zero-order chi connectivity index (χ0) is 24.5. The Morgan fingerprint density at radius 1 is 1.37 bits per heavy atom. The van der Waals surface area contributed by atoms with Crippen molar-refractivity contribution in [3.63, 3.8) is 0 Å². The van der Waals surface area contributed by atoms with Crippen molar-refractivity contribution >= 4 is 28.3 Å². The fraction of sp³-hybridized carbons (Fsp3) is 0.462. The lowest BCUT2D eigenvalue weighted by atomic mass is 10.0. The summed E-state index contributed by atoms with van der Waals surface area (Å²) in [6.07, 6.45) is 4.95. The number of anilines is 2. The smallest absolute Gasteiger partial charge is 0.261 e. The normalized spacial score (nSPS) is 18.9. The Balaban J connectivity index is 1.46. The summed E-state index contributed by atoms with van der Waals surface area (Å²) in [5.74, 6) is 0.867. The molecule has 0 radical (unpaired) electrons. The van der Waals surface area contributed by atoms with E-state index in [2.05, 4.69) is 23.3 Å². The van der Waals surface area contributed by atoms with E-state index < -0.39 is 0 Å². The van der Waals surface area contributed by atoms with Crippen molar-refractivity contribution in [3.05, 3.63) is 51.9 Å². The van der Waals surface area contributed by atoms with Crippen molar-refractivity contribution in [2.75, 3.05) is 25.1 Å². The van der Waals surface area contributed by atoms with Crippen LogP contribution in [-0.4, -0.2) is 51.4 Å². The standard InChI is InChI=1S/C26H30N6O3/c1-3-19-15-35-13-12-31(19)26(34)20-7-6-18(14-16(20)2)29-24-23-22(9-11-28-25(23)33)32(30-24)21(8-10-27)17-4-5-17/h6-7,9,11,14,17,19,21H,3-5,8,12-13,15H2,1-2H3,(H,28,33)(H,29,30)/t19-,21?/m0/s1. The number of aromatic nitrogens is 3. The fourth-order valence-corrected chi connectivity index (χ4v) is 5.00. The van der Waals surface area contributed by atoms with Crippen molar-refractivity contribution in [2.24, 2.45) is 5.92 Å². The van der Waals surface area contributed by atoms with Gasteiger partial charge in [-0.05, 0) is 61.9 Å². The molecule has 2 fully saturated rings. The van der Waals surface area contributed by atoms with E-state index in [-0.39, 0.29) is 23.6 Å². The van der Waals surface area contributed by atoms with E-state index in [0.29, 0.717) is 54.4 Å². The highest BCUT2D eigenvalue weighted by Gasteiger charge is 2.34. The summed E-state index contributed by atoms with van der Waals surface area (Å²) >= 11 is 0. The van der Waals surface area contributed by atoms with Crippen molar-refractivity contribution in [1.82, 2.24) is 19.7 Å². The number of amides is 1. The number of benzene rings is 1. The molecule has 1 aliphatic carbocycles. The molecule has 9 nitrogen and oxygen atoms in total. The number of morpholine rings is 1. The van der Waals surface area contributed by atoms with Crippen LogP contribution in [0.1, 0.15) is 54.6 Å². The van der Waals surface area contributed by atoms with E-state index in [9.17, 15) is 14.9 Å². The minimum atomic E-state index is -0.232. The second-order valence-electron chi connectivity index (χ2n) is 9.42. The second-order valence-corrected chi connectivity index (χ2v) is 9.42. The highest BCUT2D eigenvalue weighted by atomic mass is 16.5. The lowest BCUT2D eigenvalue weighted by molar-refractivity contribution is -0.00283. The number of pyridine rings is 1. The molecule has 1 amide bonds. The molecular formula is C26H30N6O3. The van der Waals surface area contributed by atoms with E-state index in [1.54, 1.807) is 6.20 Å². The summed E-state index contributed by atoms with van der Waals surface area (Å²) < 4.78 is 7.38. The number of aromatic amines is 1. The van der Waals surface area contributed by atoms with Gasteiger partial charge in [-0.15, -0.1) is 0 Å². The van der Waals surface area contributed by atoms with Gasteiger partial charge < -0.3 is 19.9 Å². The molecule has 1 aliphatic heterocycles. The Labute approximate surface area is 203 Å². The average molecular weight is 475 g/mol. The number of hydrogen-bond donors (Lipinski definition) is 2. The number of fused-ring (bicyclic) bond motifs is 1. The molecule has 3 heterocycles. The van der Waals surface area contributed by atoms with Crippen molar-refractivity contribution in [1.29, 1.82) is 5.26 Å². The van der Waals surface area contributed by atoms with Crippen molar-refractivity contribution < 1.29 is 9.53 Å². The monoisotopic (exact) mass is 474 g/mol. The molecule has 35 heavy (non-hydrogen) atoms. The van der Waals surface area contributed by atoms with Gasteiger partial charge in [0.25, 0.3) is 11.5 Å². The van der Waals surface area contributed by atoms with Crippen LogP contribution in [0.25, 0.3) is 10.9 Å². The molecule has 5 rings (SSSR count). The molecule has 3 aromatic rings. The molecule has 2 aromatic heterocycles. The molecule has 1 aromatic carbocycles. The molecule has 0 spiro atoms. The molecule has 1 saturated carbocycles. The maximum Gasteiger partial charge on any atom is 0.261 e. The molecule has 2 aliphatic rings. The van der Waals surface area contributed by atoms with Crippen LogP contribution in [-0.2, 0) is 4.74 Å². The zero-order valence-corrected chi connectivity index (χ0v) is 20.1. The molecule has 2 atom stereocenters. The number of rotatable bonds is 7. The number of nitriles is 1. The minimum Gasteiger partial charge on any atom is -0.377 e. The van der Waals surface area contributed by atoms with Gasteiger partial charge in [0.2, 0.25) is 0 Å². The zero-order valence-electron chi connectivity index (χ0n) is 20.1. The number of nitrogens with zero attached hydrogens (tertiary/aromatic N) is 4. The maximum absolute atomic E-state index is 13.3. The van der Waals surface area contributed by atoms with Crippen LogP contribution in [0.15, 0.2) is 35.3 Å². The first-order chi connectivity index (χ1) is 17.0. The first-order valence-electron chi connectivity index (χ1n) is 12.2. The predicted octanol–water partition coefficient (Wildman–Crippen LogP) is 3.89. The summed E-state index contributed by atoms with van der Waals surface area (Å²) in [4.78, 5) is 30.6. The van der Waals surface area contributed by atoms with Gasteiger partial charge in [0, 0.05) is 24.0 Å². The minimum absolute atomic E-state index is 0.0131. The largest absolute Gasteiger partial charge is 0.377 e. The quantitative estimate of drug-likeness (QED) is 0.537. The SMILES string of the molecule is CC[C@H]1COCCN1C(=O)c1ccc(Nc2nn(C(CC#N)C3CC3)c3cc[nH]c(=O)c23)cc1C. The van der Waals surface area contributed by atoms with Gasteiger partial charge in [-0.1, -0.05) is 6.92 Å². The van der Waals surface area contributed by atoms with Gasteiger partial charge in [-0.3, -0.25) is 14.3 Å². The number of hydrogen-bond acceptors (Lipinski definition) is 6. The van der Waals surface area contributed by atoms with Crippen LogP contribution in [0.2, 0.25) is 0 Å². The first-order valence-corrected chi connectivity index (χ1v) is 12.2. The number of nitrogens with one attached hydrogen (secondary N) is 2. The summed E-state index contributed by atoms with van der Waals surface area (Å²) in [7, 11) is 0. The summed E-state index contributed by atoms with van der Waals surface area (Å²) in [5.41, 5.74) is 2.73. The molecule has 1 unspecified atom stereocenters. The van der Waals surface area contributed by atoms with Gasteiger partial charge in [0.1, 0.15) is 5.39 Å². The van der Waals surface area contributed by atoms with Crippen LogP contribution >= 0.6 is 0 Å². The van der Waals surface area contributed by atoms with Gasteiger partial charge in [0.15, 0.2) is 5.82 Å². The molecule has 1 saturated heterocycles. The van der Waals surface area contributed by atoms with E-state index >= 15 is 0 Å². The topological polar surface area (TPSA) is 116 Å². The summed E-state index contributed by atoms with van der Waals surface area (Å²) in [6, 6.07) is 9.72. The Morgan fingerprint density at radius 2 is 2.20 bits per heavy atom. The number of ether oxygens (including phenoxy) is 1. The summed E-state index contributed by atoms with van der Waals surface area (Å²) in [6.45, 7) is 5.69. The van der Waals surface area contributed by atoms with E-state index in [1.807, 2.05) is 40.8 Å². The highest BCUT2D eigenvalue weighted by Crippen LogP contribution is 2.43. The van der Waals surface area contributed by atoms with E-state index in [4.69, 9.17) is 9.84 Å². The molecule has 182 valence electrons. The lowest BCUT2D eigenvalue weighted by Gasteiger charge is -2.35. The fourth-order valence-electron chi connectivity index (χ4n) is 5.00. The average Bonchev–Trinajstić information content (AvgIpc) is 3.64. The number of H-pyrrole nitrogens is 1. The van der Waals surface area contributed by atoms with Crippen LogP contribution in [0.4, 0.5) is 11.5 Å². The first kappa shape index (κ1) is 23.1. The Kier molecular flexibility index (Phi) is 6.31. The molecular weight excluding hydrogens is 444 g/mol. The Bertz CT molecular complexity index is 1350. The lowest BCUT2D eigenvalue weighted by Crippen LogP contribution is -2.48. The van der Waals surface area contributed by atoms with Crippen LogP contribution in [0, 0.1) is 24.2 Å². The van der Waals surface area contributed by atoms with E-state index in [0.717, 1.165) is 30.5 Å². The number of carbonyl (C=O) groups is 1. The van der Waals surface area contributed by atoms with Crippen LogP contribution in [0.3, 0.4) is 0 Å². The van der Waals surface area contributed by atoms with Crippen molar-refractivity contribution in [3.8, 4) is 6.07 Å². The number of carbonyl (C=O) groups excluding carboxylic acids is 1. The predicted molar refractivity (Wildman–Crippen MR) is 133 cm³/mol. The van der Waals surface area contributed by atoms with Crippen LogP contribution < -0.4 is 10.9 Å². The number of aryl methyl sites for hydroxylation is 1. The third-order valence-corrected chi connectivity index (χ3v) is 7.09. The third-order valence-electron chi connectivity index (χ3n) is 7.09. The van der Waals surface area contributed by atoms with E-state index in [1.165, 1.54) is 0 Å². The Hall–Kier alpha value is -3.64. The maximum atomic E-state index is 13.3. The highest BCUT2D eigenvalue weighted by molar-refractivity contribution is 5.97. The second kappa shape index (κ2) is 9.55. The van der Waals surface area contributed by atoms with Gasteiger partial charge in [0.05, 0.1) is 43.3 Å². The molecule has 0 bridgehead atoms. The Morgan fingerprint density at radius 3 is 2.91 bits per heavy atom. The molecule has 9 heteroatoms. The molecule has 2 N–H and O–H groups in total.